The van der Waals surface area contributed by atoms with Crippen LogP contribution in [0.3, 0.4) is 0 Å². The number of nitrogens with zero attached hydrogens (tertiary/aromatic N) is 1. The molecule has 12 heteroatoms. The lowest BCUT2D eigenvalue weighted by molar-refractivity contribution is -0.123. The third-order valence-corrected chi connectivity index (χ3v) is 5.91. The molecule has 3 aromatic rings. The fourth-order valence-electron chi connectivity index (χ4n) is 3.65. The van der Waals surface area contributed by atoms with Crippen molar-refractivity contribution in [2.24, 2.45) is 0 Å². The first-order chi connectivity index (χ1) is 18.2. The van der Waals surface area contributed by atoms with Crippen molar-refractivity contribution in [1.82, 2.24) is 10.2 Å². The summed E-state index contributed by atoms with van der Waals surface area (Å²) >= 11 is 3.40. The summed E-state index contributed by atoms with van der Waals surface area (Å²) in [4.78, 5) is 49.4. The predicted molar refractivity (Wildman–Crippen MR) is 136 cm³/mol. The van der Waals surface area contributed by atoms with E-state index in [9.17, 15) is 24.3 Å². The van der Waals surface area contributed by atoms with Crippen LogP contribution in [0.2, 0.25) is 0 Å². The number of ether oxygens (including phenoxy) is 3. The third kappa shape index (κ3) is 5.70. The van der Waals surface area contributed by atoms with Crippen molar-refractivity contribution < 1.29 is 42.9 Å². The number of rotatable bonds is 9. The SMILES string of the molecule is COC(=O)c1ccc(CN2C(=O)N/C(=C/c3cc(Br)cc(OC)c3OCc3cccc(C(=O)O)c3)C2=O)o1. The number of hydrogen-bond acceptors (Lipinski definition) is 8. The summed E-state index contributed by atoms with van der Waals surface area (Å²) in [7, 11) is 2.66. The number of aromatic carboxylic acids is 1. The second-order valence-corrected chi connectivity index (χ2v) is 8.87. The molecule has 1 aliphatic rings. The van der Waals surface area contributed by atoms with Crippen LogP contribution < -0.4 is 14.8 Å². The van der Waals surface area contributed by atoms with Crippen molar-refractivity contribution in [3.05, 3.63) is 86.9 Å². The molecule has 1 saturated heterocycles. The molecule has 38 heavy (non-hydrogen) atoms. The number of amides is 3. The molecule has 1 aliphatic heterocycles. The van der Waals surface area contributed by atoms with Gasteiger partial charge in [0.05, 0.1) is 26.3 Å². The standard InChI is InChI=1S/C26H21BrN2O9/c1-35-21-11-17(27)9-16(22(21)37-13-14-4-3-5-15(8-14)24(31)32)10-19-23(30)29(26(34)28-19)12-18-6-7-20(38-18)25(33)36-2/h3-11H,12-13H2,1-2H3,(H,28,34)(H,31,32)/b19-10+. The molecular formula is C26H21BrN2O9. The zero-order chi connectivity index (χ0) is 27.4. The molecule has 3 amide bonds. The number of carboxylic acids is 1. The molecule has 2 aromatic carbocycles. The van der Waals surface area contributed by atoms with Gasteiger partial charge in [-0.3, -0.25) is 9.69 Å². The van der Waals surface area contributed by atoms with Gasteiger partial charge < -0.3 is 29.1 Å². The van der Waals surface area contributed by atoms with E-state index in [-0.39, 0.29) is 41.7 Å². The van der Waals surface area contributed by atoms with E-state index in [0.29, 0.717) is 21.3 Å². The van der Waals surface area contributed by atoms with E-state index in [1.165, 1.54) is 44.6 Å². The number of carbonyl (C=O) groups is 4. The number of carboxylic acid groups (broad SMARTS) is 1. The van der Waals surface area contributed by atoms with E-state index in [1.807, 2.05) is 0 Å². The van der Waals surface area contributed by atoms with Crippen molar-refractivity contribution in [2.75, 3.05) is 14.2 Å². The van der Waals surface area contributed by atoms with Crippen molar-refractivity contribution >= 4 is 45.9 Å². The number of halogens is 1. The van der Waals surface area contributed by atoms with Gasteiger partial charge in [-0.15, -0.1) is 0 Å². The molecular weight excluding hydrogens is 564 g/mol. The molecule has 1 fully saturated rings. The summed E-state index contributed by atoms with van der Waals surface area (Å²) in [6, 6.07) is 11.8. The average Bonchev–Trinajstić information content (AvgIpc) is 3.47. The first-order valence-corrected chi connectivity index (χ1v) is 11.8. The van der Waals surface area contributed by atoms with Gasteiger partial charge in [-0.2, -0.15) is 0 Å². The minimum atomic E-state index is -1.06. The number of esters is 1. The monoisotopic (exact) mass is 584 g/mol. The van der Waals surface area contributed by atoms with Gasteiger partial charge in [0.15, 0.2) is 11.5 Å². The minimum absolute atomic E-state index is 0.0166. The van der Waals surface area contributed by atoms with Gasteiger partial charge in [0, 0.05) is 10.0 Å². The van der Waals surface area contributed by atoms with Crippen LogP contribution in [0.5, 0.6) is 11.5 Å². The van der Waals surface area contributed by atoms with Crippen LogP contribution in [0.15, 0.2) is 63.1 Å². The lowest BCUT2D eigenvalue weighted by Crippen LogP contribution is -2.30. The predicted octanol–water partition coefficient (Wildman–Crippen LogP) is 4.21. The van der Waals surface area contributed by atoms with Gasteiger partial charge in [0.1, 0.15) is 18.1 Å². The molecule has 0 atom stereocenters. The molecule has 0 unspecified atom stereocenters. The number of benzene rings is 2. The van der Waals surface area contributed by atoms with E-state index in [2.05, 4.69) is 26.0 Å². The molecule has 4 rings (SSSR count). The molecule has 0 bridgehead atoms. The Hall–Kier alpha value is -4.58. The Balaban J connectivity index is 1.59. The quantitative estimate of drug-likeness (QED) is 0.214. The molecule has 0 saturated carbocycles. The number of urea groups is 1. The van der Waals surface area contributed by atoms with Gasteiger partial charge in [-0.25, -0.2) is 14.4 Å². The summed E-state index contributed by atoms with van der Waals surface area (Å²) in [5.41, 5.74) is 1.12. The highest BCUT2D eigenvalue weighted by Gasteiger charge is 2.35. The van der Waals surface area contributed by atoms with Crippen molar-refractivity contribution in [2.45, 2.75) is 13.2 Å². The second kappa shape index (κ2) is 11.2. The van der Waals surface area contributed by atoms with Gasteiger partial charge in [-0.05, 0) is 48.0 Å². The maximum absolute atomic E-state index is 13.1. The highest BCUT2D eigenvalue weighted by molar-refractivity contribution is 9.10. The molecule has 11 nitrogen and oxygen atoms in total. The second-order valence-electron chi connectivity index (χ2n) is 7.96. The van der Waals surface area contributed by atoms with Crippen molar-refractivity contribution in [3.63, 3.8) is 0 Å². The van der Waals surface area contributed by atoms with Crippen LogP contribution in [0.25, 0.3) is 6.08 Å². The van der Waals surface area contributed by atoms with Crippen molar-refractivity contribution in [1.29, 1.82) is 0 Å². The van der Waals surface area contributed by atoms with Crippen LogP contribution in [-0.4, -0.2) is 48.1 Å². The molecule has 2 heterocycles. The smallest absolute Gasteiger partial charge is 0.373 e. The Morgan fingerprint density at radius 3 is 2.63 bits per heavy atom. The molecule has 196 valence electrons. The lowest BCUT2D eigenvalue weighted by atomic mass is 10.1. The lowest BCUT2D eigenvalue weighted by Gasteiger charge is -2.15. The van der Waals surface area contributed by atoms with Gasteiger partial charge in [0.25, 0.3) is 5.91 Å². The van der Waals surface area contributed by atoms with Crippen LogP contribution in [-0.2, 0) is 22.7 Å². The number of methoxy groups -OCH3 is 2. The topological polar surface area (TPSA) is 145 Å². The first-order valence-electron chi connectivity index (χ1n) is 11.0. The van der Waals surface area contributed by atoms with Gasteiger partial charge in [0.2, 0.25) is 5.76 Å². The summed E-state index contributed by atoms with van der Waals surface area (Å²) in [5.74, 6) is -1.58. The van der Waals surface area contributed by atoms with Crippen molar-refractivity contribution in [3.8, 4) is 11.5 Å². The molecule has 2 N–H and O–H groups in total. The number of imide groups is 1. The highest BCUT2D eigenvalue weighted by Crippen LogP contribution is 2.37. The maximum atomic E-state index is 13.1. The third-order valence-electron chi connectivity index (χ3n) is 5.45. The zero-order valence-electron chi connectivity index (χ0n) is 20.1. The maximum Gasteiger partial charge on any atom is 0.373 e. The fourth-order valence-corrected chi connectivity index (χ4v) is 4.11. The Kier molecular flexibility index (Phi) is 7.82. The molecule has 0 radical (unpaired) electrons. The largest absolute Gasteiger partial charge is 0.493 e. The van der Waals surface area contributed by atoms with Crippen LogP contribution in [0, 0.1) is 0 Å². The minimum Gasteiger partial charge on any atom is -0.493 e. The highest BCUT2D eigenvalue weighted by atomic mass is 79.9. The van der Waals surface area contributed by atoms with Gasteiger partial charge in [-0.1, -0.05) is 28.1 Å². The Morgan fingerprint density at radius 2 is 1.92 bits per heavy atom. The van der Waals surface area contributed by atoms with E-state index < -0.39 is 23.9 Å². The fraction of sp³-hybridized carbons (Fsp3) is 0.154. The first kappa shape index (κ1) is 26.5. The van der Waals surface area contributed by atoms with E-state index in [0.717, 1.165) is 4.90 Å². The average molecular weight is 585 g/mol. The van der Waals surface area contributed by atoms with E-state index in [4.69, 9.17) is 13.9 Å². The summed E-state index contributed by atoms with van der Waals surface area (Å²) in [6.45, 7) is -0.188. The Morgan fingerprint density at radius 1 is 1.13 bits per heavy atom. The molecule has 1 aromatic heterocycles. The number of furan rings is 1. The summed E-state index contributed by atoms with van der Waals surface area (Å²) in [5, 5.41) is 11.8. The normalized spacial score (nSPS) is 14.0. The summed E-state index contributed by atoms with van der Waals surface area (Å²) < 4.78 is 22.0. The number of hydrogen-bond donors (Lipinski definition) is 2. The van der Waals surface area contributed by atoms with E-state index >= 15 is 0 Å². The van der Waals surface area contributed by atoms with Crippen LogP contribution in [0.1, 0.15) is 37.8 Å². The molecule has 0 aliphatic carbocycles. The van der Waals surface area contributed by atoms with Crippen LogP contribution >= 0.6 is 15.9 Å². The zero-order valence-corrected chi connectivity index (χ0v) is 21.7. The number of nitrogens with one attached hydrogen (secondary N) is 1. The number of carbonyl (C=O) groups excluding carboxylic acids is 3. The molecule has 0 spiro atoms. The van der Waals surface area contributed by atoms with Gasteiger partial charge >= 0.3 is 18.0 Å². The van der Waals surface area contributed by atoms with Crippen LogP contribution in [0.4, 0.5) is 4.79 Å². The Bertz CT molecular complexity index is 1460. The Labute approximate surface area is 224 Å². The summed E-state index contributed by atoms with van der Waals surface area (Å²) in [6.07, 6.45) is 1.44. The van der Waals surface area contributed by atoms with E-state index in [1.54, 1.807) is 24.3 Å².